The number of ether oxygens (including phenoxy) is 1. The SMILES string of the molecule is O=[N+]([O-])c1cccc(/C=C2\CCC=C2N2CCOCC2)c1. The standard InChI is InChI=1S/C16H18N2O3/c19-18(20)15-5-1-3-13(12-15)11-14-4-2-6-16(14)17-7-9-21-10-8-17/h1,3,5-6,11-12H,2,4,7-10H2/b14-11+. The van der Waals surface area contributed by atoms with E-state index in [-0.39, 0.29) is 10.6 Å². The maximum absolute atomic E-state index is 10.9. The summed E-state index contributed by atoms with van der Waals surface area (Å²) in [5, 5.41) is 10.9. The molecular formula is C16H18N2O3. The molecule has 1 aliphatic heterocycles. The second-order valence-electron chi connectivity index (χ2n) is 5.25. The lowest BCUT2D eigenvalue weighted by Gasteiger charge is -2.30. The zero-order valence-corrected chi connectivity index (χ0v) is 11.8. The van der Waals surface area contributed by atoms with E-state index >= 15 is 0 Å². The topological polar surface area (TPSA) is 55.6 Å². The minimum Gasteiger partial charge on any atom is -0.378 e. The predicted molar refractivity (Wildman–Crippen MR) is 80.8 cm³/mol. The second kappa shape index (κ2) is 6.10. The van der Waals surface area contributed by atoms with Crippen molar-refractivity contribution < 1.29 is 9.66 Å². The second-order valence-corrected chi connectivity index (χ2v) is 5.25. The van der Waals surface area contributed by atoms with Gasteiger partial charge in [-0.05, 0) is 30.1 Å². The number of nitro benzene ring substituents is 1. The summed E-state index contributed by atoms with van der Waals surface area (Å²) in [5.41, 5.74) is 3.56. The van der Waals surface area contributed by atoms with Gasteiger partial charge < -0.3 is 9.64 Å². The Morgan fingerprint density at radius 2 is 2.10 bits per heavy atom. The van der Waals surface area contributed by atoms with Crippen LogP contribution in [0.5, 0.6) is 0 Å². The fourth-order valence-corrected chi connectivity index (χ4v) is 2.84. The summed E-state index contributed by atoms with van der Waals surface area (Å²) in [7, 11) is 0. The third kappa shape index (κ3) is 3.13. The summed E-state index contributed by atoms with van der Waals surface area (Å²) < 4.78 is 5.39. The number of nitrogens with zero attached hydrogens (tertiary/aromatic N) is 2. The van der Waals surface area contributed by atoms with Gasteiger partial charge in [0, 0.05) is 30.9 Å². The van der Waals surface area contributed by atoms with Gasteiger partial charge in [0.25, 0.3) is 5.69 Å². The maximum Gasteiger partial charge on any atom is 0.270 e. The number of non-ortho nitro benzene ring substituents is 1. The monoisotopic (exact) mass is 286 g/mol. The fourth-order valence-electron chi connectivity index (χ4n) is 2.84. The van der Waals surface area contributed by atoms with Crippen LogP contribution in [0.15, 0.2) is 41.6 Å². The van der Waals surface area contributed by atoms with Gasteiger partial charge in [0.15, 0.2) is 0 Å². The first kappa shape index (κ1) is 13.8. The van der Waals surface area contributed by atoms with Gasteiger partial charge in [-0.3, -0.25) is 10.1 Å². The molecule has 3 rings (SSSR count). The lowest BCUT2D eigenvalue weighted by Crippen LogP contribution is -2.35. The van der Waals surface area contributed by atoms with E-state index in [1.165, 1.54) is 17.3 Å². The van der Waals surface area contributed by atoms with Crippen molar-refractivity contribution in [1.82, 2.24) is 4.90 Å². The van der Waals surface area contributed by atoms with E-state index in [0.29, 0.717) is 0 Å². The number of benzene rings is 1. The van der Waals surface area contributed by atoms with E-state index < -0.39 is 0 Å². The maximum atomic E-state index is 10.9. The number of allylic oxidation sites excluding steroid dienone is 2. The third-order valence-electron chi connectivity index (χ3n) is 3.85. The Bertz CT molecular complexity index is 601. The number of morpholine rings is 1. The zero-order chi connectivity index (χ0) is 14.7. The molecule has 1 heterocycles. The van der Waals surface area contributed by atoms with Gasteiger partial charge in [-0.25, -0.2) is 0 Å². The van der Waals surface area contributed by atoms with E-state index in [4.69, 9.17) is 4.74 Å². The van der Waals surface area contributed by atoms with Crippen LogP contribution in [0.4, 0.5) is 5.69 Å². The molecule has 0 saturated carbocycles. The molecule has 1 aromatic carbocycles. The number of rotatable bonds is 3. The van der Waals surface area contributed by atoms with Gasteiger partial charge >= 0.3 is 0 Å². The highest BCUT2D eigenvalue weighted by Crippen LogP contribution is 2.30. The molecule has 0 radical (unpaired) electrons. The highest BCUT2D eigenvalue weighted by atomic mass is 16.6. The molecule has 1 aromatic rings. The lowest BCUT2D eigenvalue weighted by atomic mass is 10.1. The molecule has 0 unspecified atom stereocenters. The first-order chi connectivity index (χ1) is 10.2. The Balaban J connectivity index is 1.83. The molecule has 0 spiro atoms. The van der Waals surface area contributed by atoms with Crippen LogP contribution in [-0.2, 0) is 4.74 Å². The number of hydrogen-bond acceptors (Lipinski definition) is 4. The molecule has 5 heteroatoms. The van der Waals surface area contributed by atoms with E-state index in [0.717, 1.165) is 44.7 Å². The van der Waals surface area contributed by atoms with Gasteiger partial charge in [0.1, 0.15) is 0 Å². The van der Waals surface area contributed by atoms with Crippen molar-refractivity contribution in [3.63, 3.8) is 0 Å². The van der Waals surface area contributed by atoms with Crippen molar-refractivity contribution in [2.24, 2.45) is 0 Å². The smallest absolute Gasteiger partial charge is 0.270 e. The summed E-state index contributed by atoms with van der Waals surface area (Å²) in [6, 6.07) is 6.80. The van der Waals surface area contributed by atoms with E-state index in [9.17, 15) is 10.1 Å². The quantitative estimate of drug-likeness (QED) is 0.633. The zero-order valence-electron chi connectivity index (χ0n) is 11.8. The van der Waals surface area contributed by atoms with E-state index in [2.05, 4.69) is 17.1 Å². The van der Waals surface area contributed by atoms with E-state index in [1.807, 2.05) is 6.07 Å². The summed E-state index contributed by atoms with van der Waals surface area (Å²) in [6.07, 6.45) is 6.36. The third-order valence-corrected chi connectivity index (χ3v) is 3.85. The molecule has 21 heavy (non-hydrogen) atoms. The molecule has 1 fully saturated rings. The molecule has 110 valence electrons. The summed E-state index contributed by atoms with van der Waals surface area (Å²) >= 11 is 0. The first-order valence-corrected chi connectivity index (χ1v) is 7.22. The number of nitro groups is 1. The van der Waals surface area contributed by atoms with Gasteiger partial charge in [0.2, 0.25) is 0 Å². The molecule has 0 N–H and O–H groups in total. The van der Waals surface area contributed by atoms with Gasteiger partial charge in [-0.15, -0.1) is 0 Å². The van der Waals surface area contributed by atoms with Crippen LogP contribution in [0.1, 0.15) is 18.4 Å². The van der Waals surface area contributed by atoms with Crippen LogP contribution in [0, 0.1) is 10.1 Å². The Morgan fingerprint density at radius 3 is 2.86 bits per heavy atom. The minimum absolute atomic E-state index is 0.138. The highest BCUT2D eigenvalue weighted by Gasteiger charge is 2.20. The van der Waals surface area contributed by atoms with Gasteiger partial charge in [-0.1, -0.05) is 18.2 Å². The Morgan fingerprint density at radius 1 is 1.29 bits per heavy atom. The number of hydrogen-bond donors (Lipinski definition) is 0. The van der Waals surface area contributed by atoms with Crippen molar-refractivity contribution in [2.75, 3.05) is 26.3 Å². The average molecular weight is 286 g/mol. The first-order valence-electron chi connectivity index (χ1n) is 7.22. The summed E-state index contributed by atoms with van der Waals surface area (Å²) in [5.74, 6) is 0. The molecule has 2 aliphatic rings. The van der Waals surface area contributed by atoms with Crippen LogP contribution in [0.25, 0.3) is 6.08 Å². The van der Waals surface area contributed by atoms with E-state index in [1.54, 1.807) is 12.1 Å². The molecular weight excluding hydrogens is 268 g/mol. The Labute approximate surface area is 123 Å². The largest absolute Gasteiger partial charge is 0.378 e. The molecule has 0 amide bonds. The van der Waals surface area contributed by atoms with Gasteiger partial charge in [0.05, 0.1) is 18.1 Å². The molecule has 0 bridgehead atoms. The fraction of sp³-hybridized carbons (Fsp3) is 0.375. The molecule has 0 aromatic heterocycles. The average Bonchev–Trinajstić information content (AvgIpc) is 2.96. The lowest BCUT2D eigenvalue weighted by molar-refractivity contribution is -0.384. The van der Waals surface area contributed by atoms with Crippen molar-refractivity contribution in [2.45, 2.75) is 12.8 Å². The molecule has 1 saturated heterocycles. The van der Waals surface area contributed by atoms with Crippen LogP contribution >= 0.6 is 0 Å². The van der Waals surface area contributed by atoms with Crippen LogP contribution < -0.4 is 0 Å². The molecule has 0 atom stereocenters. The van der Waals surface area contributed by atoms with Crippen LogP contribution in [-0.4, -0.2) is 36.1 Å². The molecule has 5 nitrogen and oxygen atoms in total. The summed E-state index contributed by atoms with van der Waals surface area (Å²) in [6.45, 7) is 3.36. The Kier molecular flexibility index (Phi) is 4.01. The van der Waals surface area contributed by atoms with Gasteiger partial charge in [-0.2, -0.15) is 0 Å². The minimum atomic E-state index is -0.352. The Hall–Kier alpha value is -2.14. The van der Waals surface area contributed by atoms with Crippen LogP contribution in [0.2, 0.25) is 0 Å². The predicted octanol–water partition coefficient (Wildman–Crippen LogP) is 2.99. The van der Waals surface area contributed by atoms with Crippen molar-refractivity contribution in [1.29, 1.82) is 0 Å². The van der Waals surface area contributed by atoms with Crippen molar-refractivity contribution in [3.05, 3.63) is 57.3 Å². The summed E-state index contributed by atoms with van der Waals surface area (Å²) in [4.78, 5) is 12.8. The molecule has 1 aliphatic carbocycles. The van der Waals surface area contributed by atoms with Crippen molar-refractivity contribution in [3.8, 4) is 0 Å². The highest BCUT2D eigenvalue weighted by molar-refractivity contribution is 5.61. The van der Waals surface area contributed by atoms with Crippen molar-refractivity contribution >= 4 is 11.8 Å². The normalized spacial score (nSPS) is 20.7. The van der Waals surface area contributed by atoms with Crippen LogP contribution in [0.3, 0.4) is 0 Å².